The standard InChI is InChI=1S/C22H24N6/c1-28(2)19-8-6-17(7-9-19)27-22-20-11-15(4-10-21(20)25-14-26-22)16-3-5-18(12-23)24-13-16/h3-5,10-11,13-14,17,19H,6-9H2,1-2H3,(H,25,26,27)/t17-,19-. The molecule has 3 aromatic rings. The van der Waals surface area contributed by atoms with Crippen molar-refractivity contribution in [1.82, 2.24) is 19.9 Å². The summed E-state index contributed by atoms with van der Waals surface area (Å²) in [6.07, 6.45) is 8.06. The van der Waals surface area contributed by atoms with Gasteiger partial charge in [-0.05, 0) is 69.6 Å². The number of fused-ring (bicyclic) bond motifs is 1. The smallest absolute Gasteiger partial charge is 0.140 e. The van der Waals surface area contributed by atoms with Crippen molar-refractivity contribution < 1.29 is 0 Å². The molecule has 6 nitrogen and oxygen atoms in total. The van der Waals surface area contributed by atoms with Crippen LogP contribution in [0.2, 0.25) is 0 Å². The Balaban J connectivity index is 1.59. The molecule has 0 unspecified atom stereocenters. The number of hydrogen-bond acceptors (Lipinski definition) is 6. The zero-order valence-corrected chi connectivity index (χ0v) is 16.3. The lowest BCUT2D eigenvalue weighted by molar-refractivity contribution is 0.221. The van der Waals surface area contributed by atoms with Crippen molar-refractivity contribution >= 4 is 16.7 Å². The van der Waals surface area contributed by atoms with Gasteiger partial charge in [0.1, 0.15) is 23.9 Å². The Bertz CT molecular complexity index is 998. The first-order valence-corrected chi connectivity index (χ1v) is 9.68. The molecular weight excluding hydrogens is 348 g/mol. The highest BCUT2D eigenvalue weighted by Crippen LogP contribution is 2.29. The van der Waals surface area contributed by atoms with E-state index in [4.69, 9.17) is 5.26 Å². The number of nitrogens with zero attached hydrogens (tertiary/aromatic N) is 5. The normalized spacial score (nSPS) is 19.5. The number of rotatable bonds is 4. The SMILES string of the molecule is CN(C)[C@H]1CC[C@H](Nc2ncnc3ccc(-c4ccc(C#N)nc4)cc23)CC1. The lowest BCUT2D eigenvalue weighted by atomic mass is 9.90. The Labute approximate surface area is 165 Å². The molecule has 1 aliphatic carbocycles. The highest BCUT2D eigenvalue weighted by molar-refractivity contribution is 5.92. The van der Waals surface area contributed by atoms with Gasteiger partial charge in [-0.1, -0.05) is 6.07 Å². The first kappa shape index (κ1) is 18.3. The number of nitriles is 1. The number of nitrogens with one attached hydrogen (secondary N) is 1. The molecule has 142 valence electrons. The third-order valence-electron chi connectivity index (χ3n) is 5.61. The Hall–Kier alpha value is -3.04. The summed E-state index contributed by atoms with van der Waals surface area (Å²) in [6, 6.07) is 13.0. The zero-order valence-electron chi connectivity index (χ0n) is 16.3. The molecule has 1 aliphatic rings. The highest BCUT2D eigenvalue weighted by Gasteiger charge is 2.23. The molecule has 4 rings (SSSR count). The van der Waals surface area contributed by atoms with E-state index < -0.39 is 0 Å². The van der Waals surface area contributed by atoms with Crippen molar-refractivity contribution in [3.8, 4) is 17.2 Å². The van der Waals surface area contributed by atoms with Gasteiger partial charge in [-0.25, -0.2) is 15.0 Å². The summed E-state index contributed by atoms with van der Waals surface area (Å²) in [6.45, 7) is 0. The summed E-state index contributed by atoms with van der Waals surface area (Å²) in [5, 5.41) is 13.6. The number of pyridine rings is 1. The molecule has 1 aromatic carbocycles. The molecule has 0 aliphatic heterocycles. The van der Waals surface area contributed by atoms with Crippen molar-refractivity contribution in [2.24, 2.45) is 0 Å². The van der Waals surface area contributed by atoms with E-state index >= 15 is 0 Å². The molecule has 0 atom stereocenters. The third-order valence-corrected chi connectivity index (χ3v) is 5.61. The minimum absolute atomic E-state index is 0.420. The van der Waals surface area contributed by atoms with Crippen molar-refractivity contribution in [2.75, 3.05) is 19.4 Å². The lowest BCUT2D eigenvalue weighted by Gasteiger charge is -2.33. The molecule has 0 bridgehead atoms. The third kappa shape index (κ3) is 3.80. The summed E-state index contributed by atoms with van der Waals surface area (Å²) in [5.74, 6) is 0.891. The molecule has 28 heavy (non-hydrogen) atoms. The van der Waals surface area contributed by atoms with Crippen LogP contribution in [0.5, 0.6) is 0 Å². The van der Waals surface area contributed by atoms with E-state index in [0.29, 0.717) is 17.8 Å². The molecule has 2 heterocycles. The van der Waals surface area contributed by atoms with Crippen LogP contribution in [0.15, 0.2) is 42.9 Å². The van der Waals surface area contributed by atoms with Gasteiger partial charge >= 0.3 is 0 Å². The molecule has 1 saturated carbocycles. The summed E-state index contributed by atoms with van der Waals surface area (Å²) in [5.41, 5.74) is 3.36. The second-order valence-corrected chi connectivity index (χ2v) is 7.61. The van der Waals surface area contributed by atoms with E-state index in [2.05, 4.69) is 51.4 Å². The molecule has 0 saturated heterocycles. The second kappa shape index (κ2) is 7.91. The van der Waals surface area contributed by atoms with Crippen LogP contribution in [0.3, 0.4) is 0 Å². The molecule has 0 radical (unpaired) electrons. The summed E-state index contributed by atoms with van der Waals surface area (Å²) in [4.78, 5) is 15.4. The topological polar surface area (TPSA) is 77.7 Å². The minimum atomic E-state index is 0.420. The largest absolute Gasteiger partial charge is 0.367 e. The number of anilines is 1. The maximum Gasteiger partial charge on any atom is 0.140 e. The summed E-state index contributed by atoms with van der Waals surface area (Å²) in [7, 11) is 4.33. The van der Waals surface area contributed by atoms with Gasteiger partial charge < -0.3 is 10.2 Å². The molecule has 1 fully saturated rings. The van der Waals surface area contributed by atoms with Crippen LogP contribution < -0.4 is 5.32 Å². The van der Waals surface area contributed by atoms with Gasteiger partial charge in [0, 0.05) is 29.2 Å². The first-order valence-electron chi connectivity index (χ1n) is 9.68. The van der Waals surface area contributed by atoms with Crippen LogP contribution in [0.1, 0.15) is 31.4 Å². The summed E-state index contributed by atoms with van der Waals surface area (Å²) >= 11 is 0. The average molecular weight is 372 g/mol. The Morgan fingerprint density at radius 3 is 2.46 bits per heavy atom. The molecule has 2 aromatic heterocycles. The van der Waals surface area contributed by atoms with Gasteiger partial charge in [0.2, 0.25) is 0 Å². The molecule has 6 heteroatoms. The number of benzene rings is 1. The van der Waals surface area contributed by atoms with Gasteiger partial charge in [0.05, 0.1) is 5.52 Å². The van der Waals surface area contributed by atoms with Gasteiger partial charge in [-0.2, -0.15) is 5.26 Å². The van der Waals surface area contributed by atoms with Crippen LogP contribution in [0, 0.1) is 11.3 Å². The van der Waals surface area contributed by atoms with E-state index in [1.807, 2.05) is 18.2 Å². The minimum Gasteiger partial charge on any atom is -0.367 e. The van der Waals surface area contributed by atoms with Crippen LogP contribution in [0.4, 0.5) is 5.82 Å². The fraction of sp³-hybridized carbons (Fsp3) is 0.364. The maximum absolute atomic E-state index is 8.94. The fourth-order valence-electron chi connectivity index (χ4n) is 3.91. The van der Waals surface area contributed by atoms with E-state index in [9.17, 15) is 0 Å². The monoisotopic (exact) mass is 372 g/mol. The first-order chi connectivity index (χ1) is 13.6. The second-order valence-electron chi connectivity index (χ2n) is 7.61. The average Bonchev–Trinajstić information content (AvgIpc) is 2.74. The van der Waals surface area contributed by atoms with Crippen LogP contribution in [0.25, 0.3) is 22.0 Å². The van der Waals surface area contributed by atoms with Crippen LogP contribution in [-0.4, -0.2) is 46.0 Å². The Morgan fingerprint density at radius 1 is 1.00 bits per heavy atom. The number of hydrogen-bond donors (Lipinski definition) is 1. The van der Waals surface area contributed by atoms with E-state index in [1.165, 1.54) is 12.8 Å². The van der Waals surface area contributed by atoms with E-state index in [0.717, 1.165) is 40.7 Å². The van der Waals surface area contributed by atoms with E-state index in [1.54, 1.807) is 18.6 Å². The predicted molar refractivity (Wildman–Crippen MR) is 111 cm³/mol. The summed E-state index contributed by atoms with van der Waals surface area (Å²) < 4.78 is 0. The van der Waals surface area contributed by atoms with Gasteiger partial charge in [0.25, 0.3) is 0 Å². The van der Waals surface area contributed by atoms with Gasteiger partial charge in [-0.3, -0.25) is 0 Å². The van der Waals surface area contributed by atoms with Gasteiger partial charge in [-0.15, -0.1) is 0 Å². The van der Waals surface area contributed by atoms with Crippen molar-refractivity contribution in [3.63, 3.8) is 0 Å². The molecular formula is C22H24N6. The molecule has 0 amide bonds. The zero-order chi connectivity index (χ0) is 19.5. The highest BCUT2D eigenvalue weighted by atomic mass is 15.1. The maximum atomic E-state index is 8.94. The van der Waals surface area contributed by atoms with Crippen molar-refractivity contribution in [3.05, 3.63) is 48.5 Å². The van der Waals surface area contributed by atoms with Gasteiger partial charge in [0.15, 0.2) is 0 Å². The quantitative estimate of drug-likeness (QED) is 0.749. The Morgan fingerprint density at radius 2 is 1.79 bits per heavy atom. The van der Waals surface area contributed by atoms with Crippen molar-refractivity contribution in [2.45, 2.75) is 37.8 Å². The molecule has 0 spiro atoms. The van der Waals surface area contributed by atoms with Crippen molar-refractivity contribution in [1.29, 1.82) is 5.26 Å². The van der Waals surface area contributed by atoms with Crippen LogP contribution in [-0.2, 0) is 0 Å². The predicted octanol–water partition coefficient (Wildman–Crippen LogP) is 3.85. The molecule has 1 N–H and O–H groups in total. The Kier molecular flexibility index (Phi) is 5.18. The lowest BCUT2D eigenvalue weighted by Crippen LogP contribution is -2.36. The van der Waals surface area contributed by atoms with Crippen LogP contribution >= 0.6 is 0 Å². The number of aromatic nitrogens is 3. The van der Waals surface area contributed by atoms with E-state index in [-0.39, 0.29) is 0 Å². The fourth-order valence-corrected chi connectivity index (χ4v) is 3.91.